The summed E-state index contributed by atoms with van der Waals surface area (Å²) in [5.74, 6) is 0. The van der Waals surface area contributed by atoms with E-state index in [9.17, 15) is 9.90 Å². The van der Waals surface area contributed by atoms with Gasteiger partial charge in [0.1, 0.15) is 15.9 Å². The van der Waals surface area contributed by atoms with Crippen LogP contribution < -0.4 is 0 Å². The van der Waals surface area contributed by atoms with Crippen LogP contribution in [0.1, 0.15) is 39.2 Å². The number of halogens is 2. The molecule has 1 amide bonds. The first-order valence-electron chi connectivity index (χ1n) is 7.13. The number of aliphatic hydroxyl groups is 1. The summed E-state index contributed by atoms with van der Waals surface area (Å²) in [5.41, 5.74) is -0.965. The van der Waals surface area contributed by atoms with Crippen molar-refractivity contribution in [1.82, 2.24) is 9.88 Å². The van der Waals surface area contributed by atoms with Crippen molar-refractivity contribution in [2.24, 2.45) is 0 Å². The third-order valence-electron chi connectivity index (χ3n) is 3.54. The Morgan fingerprint density at radius 3 is 2.23 bits per heavy atom. The summed E-state index contributed by atoms with van der Waals surface area (Å²) in [4.78, 5) is 17.5. The number of rotatable bonds is 1. The summed E-state index contributed by atoms with van der Waals surface area (Å²) < 4.78 is 5.34. The molecule has 0 unspecified atom stereocenters. The molecular weight excluding hydrogens is 327 g/mol. The monoisotopic (exact) mass is 346 g/mol. The van der Waals surface area contributed by atoms with E-state index in [0.29, 0.717) is 31.5 Å². The second-order valence-corrected chi connectivity index (χ2v) is 7.27. The molecule has 1 aliphatic rings. The second kappa shape index (κ2) is 6.22. The van der Waals surface area contributed by atoms with Crippen molar-refractivity contribution in [2.75, 3.05) is 13.1 Å². The highest BCUT2D eigenvalue weighted by molar-refractivity contribution is 6.32. The average molecular weight is 347 g/mol. The van der Waals surface area contributed by atoms with E-state index in [1.807, 2.05) is 20.8 Å². The van der Waals surface area contributed by atoms with Gasteiger partial charge in [-0.25, -0.2) is 9.78 Å². The molecule has 1 fully saturated rings. The molecule has 1 saturated heterocycles. The van der Waals surface area contributed by atoms with Crippen molar-refractivity contribution >= 4 is 29.3 Å². The molecule has 22 heavy (non-hydrogen) atoms. The average Bonchev–Trinajstić information content (AvgIpc) is 2.36. The molecule has 7 heteroatoms. The number of nitrogens with zero attached hydrogens (tertiary/aromatic N) is 2. The van der Waals surface area contributed by atoms with E-state index in [1.54, 1.807) is 17.0 Å². The number of pyridine rings is 1. The normalized spacial score (nSPS) is 18.2. The minimum absolute atomic E-state index is 0.241. The number of ether oxygens (including phenoxy) is 1. The molecule has 0 spiro atoms. The molecule has 0 bridgehead atoms. The Morgan fingerprint density at radius 1 is 1.27 bits per heavy atom. The molecule has 2 rings (SSSR count). The predicted octanol–water partition coefficient (Wildman–Crippen LogP) is 3.61. The number of hydrogen-bond donors (Lipinski definition) is 1. The van der Waals surface area contributed by atoms with Gasteiger partial charge in [-0.3, -0.25) is 0 Å². The zero-order valence-corrected chi connectivity index (χ0v) is 14.4. The summed E-state index contributed by atoms with van der Waals surface area (Å²) >= 11 is 11.8. The maximum Gasteiger partial charge on any atom is 0.410 e. The maximum atomic E-state index is 12.0. The lowest BCUT2D eigenvalue weighted by Gasteiger charge is -2.38. The van der Waals surface area contributed by atoms with Crippen LogP contribution >= 0.6 is 23.2 Å². The summed E-state index contributed by atoms with van der Waals surface area (Å²) in [6.45, 7) is 6.29. The van der Waals surface area contributed by atoms with Gasteiger partial charge in [-0.15, -0.1) is 0 Å². The Balaban J connectivity index is 2.06. The third-order valence-corrected chi connectivity index (χ3v) is 3.93. The lowest BCUT2D eigenvalue weighted by atomic mass is 9.85. The van der Waals surface area contributed by atoms with Crippen LogP contribution in [0.5, 0.6) is 0 Å². The molecular formula is C15H20Cl2N2O3. The Morgan fingerprint density at radius 2 is 1.77 bits per heavy atom. The lowest BCUT2D eigenvalue weighted by molar-refractivity contribution is -0.0356. The molecule has 0 radical (unpaired) electrons. The van der Waals surface area contributed by atoms with Gasteiger partial charge in [0.25, 0.3) is 0 Å². The van der Waals surface area contributed by atoms with Gasteiger partial charge in [-0.05, 0) is 51.3 Å². The van der Waals surface area contributed by atoms with Gasteiger partial charge < -0.3 is 14.7 Å². The van der Waals surface area contributed by atoms with E-state index in [2.05, 4.69) is 4.98 Å². The highest BCUT2D eigenvalue weighted by atomic mass is 35.5. The fourth-order valence-corrected chi connectivity index (χ4v) is 2.87. The van der Waals surface area contributed by atoms with Crippen molar-refractivity contribution in [1.29, 1.82) is 0 Å². The molecule has 0 aromatic carbocycles. The van der Waals surface area contributed by atoms with Crippen LogP contribution in [0.25, 0.3) is 0 Å². The zero-order chi connectivity index (χ0) is 16.5. The van der Waals surface area contributed by atoms with Crippen LogP contribution in [0.3, 0.4) is 0 Å². The SMILES string of the molecule is CC(C)(C)OC(=O)N1CCC(O)(c2cc(Cl)nc(Cl)c2)CC1. The van der Waals surface area contributed by atoms with Gasteiger partial charge in [-0.2, -0.15) is 0 Å². The van der Waals surface area contributed by atoms with Crippen LogP contribution in [-0.2, 0) is 10.3 Å². The molecule has 5 nitrogen and oxygen atoms in total. The lowest BCUT2D eigenvalue weighted by Crippen LogP contribution is -2.46. The molecule has 1 aromatic rings. The van der Waals surface area contributed by atoms with Gasteiger partial charge >= 0.3 is 6.09 Å². The van der Waals surface area contributed by atoms with E-state index in [0.717, 1.165) is 0 Å². The summed E-state index contributed by atoms with van der Waals surface area (Å²) in [5, 5.41) is 11.3. The van der Waals surface area contributed by atoms with Crippen LogP contribution in [0.4, 0.5) is 4.79 Å². The minimum atomic E-state index is -1.06. The molecule has 0 aliphatic carbocycles. The van der Waals surface area contributed by atoms with E-state index in [4.69, 9.17) is 27.9 Å². The summed E-state index contributed by atoms with van der Waals surface area (Å²) in [7, 11) is 0. The van der Waals surface area contributed by atoms with Crippen molar-refractivity contribution in [3.05, 3.63) is 28.0 Å². The van der Waals surface area contributed by atoms with E-state index < -0.39 is 11.2 Å². The number of likely N-dealkylation sites (tertiary alicyclic amines) is 1. The summed E-state index contributed by atoms with van der Waals surface area (Å²) in [6.07, 6.45) is 0.423. The Bertz CT molecular complexity index is 544. The first kappa shape index (κ1) is 17.3. The zero-order valence-electron chi connectivity index (χ0n) is 12.9. The van der Waals surface area contributed by atoms with Crippen molar-refractivity contribution < 1.29 is 14.6 Å². The quantitative estimate of drug-likeness (QED) is 0.789. The van der Waals surface area contributed by atoms with Crippen molar-refractivity contribution in [2.45, 2.75) is 44.8 Å². The molecule has 1 aromatic heterocycles. The fraction of sp³-hybridized carbons (Fsp3) is 0.600. The minimum Gasteiger partial charge on any atom is -0.444 e. The van der Waals surface area contributed by atoms with Gasteiger partial charge in [0.05, 0.1) is 5.60 Å². The van der Waals surface area contributed by atoms with Gasteiger partial charge in [0.15, 0.2) is 0 Å². The Hall–Kier alpha value is -1.04. The topological polar surface area (TPSA) is 62.7 Å². The molecule has 0 atom stereocenters. The van der Waals surface area contributed by atoms with Crippen molar-refractivity contribution in [3.63, 3.8) is 0 Å². The molecule has 1 N–H and O–H groups in total. The van der Waals surface area contributed by atoms with Crippen LogP contribution in [0, 0.1) is 0 Å². The Labute approximate surface area is 140 Å². The molecule has 1 aliphatic heterocycles. The second-order valence-electron chi connectivity index (χ2n) is 6.50. The standard InChI is InChI=1S/C15H20Cl2N2O3/c1-14(2,3)22-13(20)19-6-4-15(21,5-7-19)10-8-11(16)18-12(17)9-10/h8-9,21H,4-7H2,1-3H3. The molecule has 122 valence electrons. The third kappa shape index (κ3) is 4.24. The number of piperidine rings is 1. The van der Waals surface area contributed by atoms with E-state index >= 15 is 0 Å². The highest BCUT2D eigenvalue weighted by Gasteiger charge is 2.37. The summed E-state index contributed by atoms with van der Waals surface area (Å²) in [6, 6.07) is 3.22. The van der Waals surface area contributed by atoms with Gasteiger partial charge in [0.2, 0.25) is 0 Å². The number of carbonyl (C=O) groups excluding carboxylic acids is 1. The number of amides is 1. The smallest absolute Gasteiger partial charge is 0.410 e. The fourth-order valence-electron chi connectivity index (χ4n) is 2.41. The Kier molecular flexibility index (Phi) is 4.90. The predicted molar refractivity (Wildman–Crippen MR) is 85.2 cm³/mol. The highest BCUT2D eigenvalue weighted by Crippen LogP contribution is 2.35. The maximum absolute atomic E-state index is 12.0. The van der Waals surface area contributed by atoms with Crippen LogP contribution in [-0.4, -0.2) is 39.8 Å². The molecule has 2 heterocycles. The van der Waals surface area contributed by atoms with E-state index in [1.165, 1.54) is 0 Å². The van der Waals surface area contributed by atoms with E-state index in [-0.39, 0.29) is 16.4 Å². The van der Waals surface area contributed by atoms with Crippen molar-refractivity contribution in [3.8, 4) is 0 Å². The number of aromatic nitrogens is 1. The number of carbonyl (C=O) groups is 1. The van der Waals surface area contributed by atoms with Crippen LogP contribution in [0.2, 0.25) is 10.3 Å². The molecule has 0 saturated carbocycles. The van der Waals surface area contributed by atoms with Crippen LogP contribution in [0.15, 0.2) is 12.1 Å². The van der Waals surface area contributed by atoms with Gasteiger partial charge in [-0.1, -0.05) is 23.2 Å². The van der Waals surface area contributed by atoms with Gasteiger partial charge in [0, 0.05) is 13.1 Å². The first-order chi connectivity index (χ1) is 10.1. The number of hydrogen-bond acceptors (Lipinski definition) is 4. The first-order valence-corrected chi connectivity index (χ1v) is 7.88. The largest absolute Gasteiger partial charge is 0.444 e.